The topological polar surface area (TPSA) is 109 Å². The van der Waals surface area contributed by atoms with Gasteiger partial charge in [-0.1, -0.05) is 0 Å². The van der Waals surface area contributed by atoms with Gasteiger partial charge in [-0.05, 0) is 30.3 Å². The minimum absolute atomic E-state index is 0.0334. The first-order valence-corrected chi connectivity index (χ1v) is 12.0. The van der Waals surface area contributed by atoms with E-state index in [1.165, 1.54) is 18.5 Å². The molecule has 0 saturated carbocycles. The summed E-state index contributed by atoms with van der Waals surface area (Å²) in [6.07, 6.45) is 6.71. The van der Waals surface area contributed by atoms with Crippen LogP contribution in [0, 0.1) is 5.82 Å². The van der Waals surface area contributed by atoms with Crippen LogP contribution < -0.4 is 0 Å². The van der Waals surface area contributed by atoms with E-state index in [0.717, 1.165) is 0 Å². The third kappa shape index (κ3) is 3.41. The molecule has 1 aromatic carbocycles. The van der Waals surface area contributed by atoms with Gasteiger partial charge in [0.15, 0.2) is 15.6 Å². The Morgan fingerprint density at radius 2 is 1.85 bits per heavy atom. The molecule has 0 N–H and O–H groups in total. The molecule has 1 fully saturated rings. The average molecular weight is 464 g/mol. The van der Waals surface area contributed by atoms with Crippen LogP contribution in [-0.2, 0) is 16.9 Å². The molecule has 1 aliphatic rings. The summed E-state index contributed by atoms with van der Waals surface area (Å²) >= 11 is 0. The predicted octanol–water partition coefficient (Wildman–Crippen LogP) is 3.26. The number of fused-ring (bicyclic) bond motifs is 1. The van der Waals surface area contributed by atoms with Crippen LogP contribution in [0.25, 0.3) is 45.1 Å². The van der Waals surface area contributed by atoms with Gasteiger partial charge in [-0.2, -0.15) is 5.10 Å². The summed E-state index contributed by atoms with van der Waals surface area (Å²) in [6, 6.07) is 7.56. The fourth-order valence-electron chi connectivity index (χ4n) is 4.00. The summed E-state index contributed by atoms with van der Waals surface area (Å²) < 4.78 is 46.4. The molecule has 0 radical (unpaired) electrons. The van der Waals surface area contributed by atoms with Gasteiger partial charge < -0.3 is 8.98 Å². The molecule has 0 aliphatic carbocycles. The van der Waals surface area contributed by atoms with Crippen molar-refractivity contribution < 1.29 is 17.2 Å². The number of furan rings is 1. The lowest BCUT2D eigenvalue weighted by atomic mass is 10.0. The van der Waals surface area contributed by atoms with Gasteiger partial charge in [0.25, 0.3) is 0 Å². The van der Waals surface area contributed by atoms with Crippen LogP contribution in [0.2, 0.25) is 0 Å². The fraction of sp³-hybridized carbons (Fsp3) is 0.182. The molecular formula is C22H17FN6O3S. The number of aromatic nitrogens is 6. The molecule has 0 unspecified atom stereocenters. The molecule has 0 atom stereocenters. The van der Waals surface area contributed by atoms with Gasteiger partial charge in [0.2, 0.25) is 5.71 Å². The molecular weight excluding hydrogens is 447 g/mol. The molecule has 4 aromatic heterocycles. The standard InChI is InChI=1S/C22H17FN6O3S/c1-28-8-18(26-12-28)19-6-16-21(24-11-25-22(16)32-19)17-7-29(15-9-33(30,31)10-15)27-20(17)13-2-4-14(23)5-3-13/h2-8,11-12,15H,9-10H2,1H3. The summed E-state index contributed by atoms with van der Waals surface area (Å²) in [5.41, 5.74) is 3.57. The molecule has 6 rings (SSSR count). The maximum atomic E-state index is 13.5. The second kappa shape index (κ2) is 7.07. The quantitative estimate of drug-likeness (QED) is 0.402. The van der Waals surface area contributed by atoms with E-state index in [1.807, 2.05) is 23.9 Å². The van der Waals surface area contributed by atoms with Crippen LogP contribution in [-0.4, -0.2) is 49.2 Å². The number of hydrogen-bond acceptors (Lipinski definition) is 7. The number of hydrogen-bond donors (Lipinski definition) is 0. The van der Waals surface area contributed by atoms with Crippen LogP contribution >= 0.6 is 0 Å². The van der Waals surface area contributed by atoms with Crippen LogP contribution in [0.5, 0.6) is 0 Å². The molecule has 9 nitrogen and oxygen atoms in total. The van der Waals surface area contributed by atoms with Crippen LogP contribution in [0.1, 0.15) is 6.04 Å². The van der Waals surface area contributed by atoms with Gasteiger partial charge in [0.1, 0.15) is 23.5 Å². The van der Waals surface area contributed by atoms with Crippen molar-refractivity contribution in [3.05, 3.63) is 61.2 Å². The van der Waals surface area contributed by atoms with E-state index in [9.17, 15) is 12.8 Å². The highest BCUT2D eigenvalue weighted by Crippen LogP contribution is 2.38. The molecule has 166 valence electrons. The van der Waals surface area contributed by atoms with Crippen molar-refractivity contribution in [2.75, 3.05) is 11.5 Å². The Morgan fingerprint density at radius 3 is 2.55 bits per heavy atom. The molecule has 5 heterocycles. The number of halogens is 1. The van der Waals surface area contributed by atoms with Crippen molar-refractivity contribution in [3.8, 4) is 34.0 Å². The average Bonchev–Trinajstić information content (AvgIpc) is 3.49. The van der Waals surface area contributed by atoms with Crippen LogP contribution in [0.4, 0.5) is 4.39 Å². The molecule has 0 amide bonds. The molecule has 1 aliphatic heterocycles. The Morgan fingerprint density at radius 1 is 1.06 bits per heavy atom. The van der Waals surface area contributed by atoms with Crippen LogP contribution in [0.15, 0.2) is 59.8 Å². The van der Waals surface area contributed by atoms with Gasteiger partial charge in [-0.25, -0.2) is 27.8 Å². The lowest BCUT2D eigenvalue weighted by Gasteiger charge is -2.25. The maximum absolute atomic E-state index is 13.5. The largest absolute Gasteiger partial charge is 0.436 e. The Balaban J connectivity index is 1.52. The Labute approximate surface area is 187 Å². The Kier molecular flexibility index (Phi) is 4.24. The molecule has 1 saturated heterocycles. The zero-order valence-corrected chi connectivity index (χ0v) is 18.2. The van der Waals surface area contributed by atoms with Crippen molar-refractivity contribution in [2.24, 2.45) is 7.05 Å². The molecule has 5 aromatic rings. The maximum Gasteiger partial charge on any atom is 0.230 e. The molecule has 0 spiro atoms. The summed E-state index contributed by atoms with van der Waals surface area (Å²) in [7, 11) is -1.17. The fourth-order valence-corrected chi connectivity index (χ4v) is 5.38. The SMILES string of the molecule is Cn1cnc(-c2cc3c(-c4cn(C5CS(=O)(=O)C5)nc4-c4ccc(F)cc4)ncnc3o2)c1. The molecule has 11 heteroatoms. The predicted molar refractivity (Wildman–Crippen MR) is 118 cm³/mol. The summed E-state index contributed by atoms with van der Waals surface area (Å²) in [4.78, 5) is 13.1. The third-order valence-electron chi connectivity index (χ3n) is 5.66. The lowest BCUT2D eigenvalue weighted by molar-refractivity contribution is 0.474. The Bertz CT molecular complexity index is 1610. The first kappa shape index (κ1) is 19.8. The van der Waals surface area contributed by atoms with E-state index in [4.69, 9.17) is 4.42 Å². The zero-order chi connectivity index (χ0) is 22.7. The zero-order valence-electron chi connectivity index (χ0n) is 17.4. The van der Waals surface area contributed by atoms with Gasteiger partial charge in [0, 0.05) is 30.6 Å². The molecule has 0 bridgehead atoms. The van der Waals surface area contributed by atoms with E-state index >= 15 is 0 Å². The van der Waals surface area contributed by atoms with Gasteiger partial charge in [-0.15, -0.1) is 0 Å². The Hall–Kier alpha value is -3.86. The van der Waals surface area contributed by atoms with Crippen molar-refractivity contribution >= 4 is 20.9 Å². The number of sulfone groups is 1. The van der Waals surface area contributed by atoms with E-state index in [0.29, 0.717) is 45.1 Å². The second-order valence-electron chi connectivity index (χ2n) is 8.09. The van der Waals surface area contributed by atoms with Crippen molar-refractivity contribution in [3.63, 3.8) is 0 Å². The van der Waals surface area contributed by atoms with E-state index in [1.54, 1.807) is 29.3 Å². The summed E-state index contributed by atoms with van der Waals surface area (Å²) in [5, 5.41) is 5.34. The smallest absolute Gasteiger partial charge is 0.230 e. The highest BCUT2D eigenvalue weighted by molar-refractivity contribution is 7.92. The van der Waals surface area contributed by atoms with Crippen molar-refractivity contribution in [1.82, 2.24) is 29.3 Å². The van der Waals surface area contributed by atoms with E-state index in [-0.39, 0.29) is 23.4 Å². The van der Waals surface area contributed by atoms with E-state index in [2.05, 4.69) is 20.1 Å². The number of nitrogens with zero attached hydrogens (tertiary/aromatic N) is 6. The normalized spacial score (nSPS) is 15.7. The number of imidazole rings is 1. The monoisotopic (exact) mass is 464 g/mol. The first-order valence-electron chi connectivity index (χ1n) is 10.1. The second-order valence-corrected chi connectivity index (χ2v) is 10.2. The number of benzene rings is 1. The van der Waals surface area contributed by atoms with Gasteiger partial charge in [0.05, 0.1) is 35.0 Å². The minimum atomic E-state index is -3.04. The highest BCUT2D eigenvalue weighted by atomic mass is 32.2. The third-order valence-corrected chi connectivity index (χ3v) is 7.44. The van der Waals surface area contributed by atoms with Crippen LogP contribution in [0.3, 0.4) is 0 Å². The minimum Gasteiger partial charge on any atom is -0.436 e. The number of aryl methyl sites for hydroxylation is 1. The van der Waals surface area contributed by atoms with Crippen molar-refractivity contribution in [2.45, 2.75) is 6.04 Å². The number of rotatable bonds is 4. The van der Waals surface area contributed by atoms with E-state index < -0.39 is 9.84 Å². The van der Waals surface area contributed by atoms with Gasteiger partial charge >= 0.3 is 0 Å². The molecule has 33 heavy (non-hydrogen) atoms. The summed E-state index contributed by atoms with van der Waals surface area (Å²) in [6.45, 7) is 0. The first-order chi connectivity index (χ1) is 15.9. The van der Waals surface area contributed by atoms with Gasteiger partial charge in [-0.3, -0.25) is 4.68 Å². The lowest BCUT2D eigenvalue weighted by Crippen LogP contribution is -2.38. The highest BCUT2D eigenvalue weighted by Gasteiger charge is 2.36. The van der Waals surface area contributed by atoms with Crippen molar-refractivity contribution in [1.29, 1.82) is 0 Å². The summed E-state index contributed by atoms with van der Waals surface area (Å²) in [5.74, 6) is 0.259.